The molecule has 0 aliphatic heterocycles. The Morgan fingerprint density at radius 3 is 2.72 bits per heavy atom. The highest BCUT2D eigenvalue weighted by molar-refractivity contribution is 9.10. The molecule has 1 aromatic carbocycles. The Hall–Kier alpha value is -0.450. The number of rotatable bonds is 4. The third-order valence-corrected chi connectivity index (χ3v) is 5.42. The van der Waals surface area contributed by atoms with Gasteiger partial charge in [-0.3, -0.25) is 11.3 Å². The zero-order valence-corrected chi connectivity index (χ0v) is 11.8. The maximum absolute atomic E-state index is 13.5. The molecule has 2 nitrogen and oxygen atoms in total. The number of hydrogen-bond donors (Lipinski definition) is 2. The molecule has 98 valence electrons. The summed E-state index contributed by atoms with van der Waals surface area (Å²) in [6.07, 6.45) is 4.77. The first-order valence-corrected chi connectivity index (χ1v) is 7.37. The number of hydrogen-bond acceptors (Lipinski definition) is 2. The van der Waals surface area contributed by atoms with Gasteiger partial charge in [0.2, 0.25) is 0 Å². The molecule has 3 unspecified atom stereocenters. The molecule has 0 heterocycles. The van der Waals surface area contributed by atoms with Crippen LogP contribution in [0.4, 0.5) is 4.39 Å². The van der Waals surface area contributed by atoms with Crippen LogP contribution < -0.4 is 11.3 Å². The Bertz CT molecular complexity index is 441. The van der Waals surface area contributed by atoms with E-state index in [0.29, 0.717) is 10.4 Å². The van der Waals surface area contributed by atoms with Crippen molar-refractivity contribution in [2.45, 2.75) is 31.7 Å². The topological polar surface area (TPSA) is 38.0 Å². The minimum absolute atomic E-state index is 0.197. The molecule has 2 fully saturated rings. The summed E-state index contributed by atoms with van der Waals surface area (Å²) in [5, 5.41) is 0. The molecule has 0 spiro atoms. The lowest BCUT2D eigenvalue weighted by Crippen LogP contribution is -2.42. The van der Waals surface area contributed by atoms with Crippen molar-refractivity contribution in [2.24, 2.45) is 23.6 Å². The van der Waals surface area contributed by atoms with E-state index in [-0.39, 0.29) is 11.9 Å². The van der Waals surface area contributed by atoms with E-state index >= 15 is 0 Å². The summed E-state index contributed by atoms with van der Waals surface area (Å²) in [4.78, 5) is 0. The Kier molecular flexibility index (Phi) is 3.43. The lowest BCUT2D eigenvalue weighted by molar-refractivity contribution is 0.335. The maximum Gasteiger partial charge on any atom is 0.137 e. The fourth-order valence-corrected chi connectivity index (χ4v) is 3.82. The molecule has 0 saturated heterocycles. The van der Waals surface area contributed by atoms with Gasteiger partial charge in [-0.1, -0.05) is 12.1 Å². The molecule has 3 atom stereocenters. The summed E-state index contributed by atoms with van der Waals surface area (Å²) in [6.45, 7) is 0. The summed E-state index contributed by atoms with van der Waals surface area (Å²) in [7, 11) is 0. The fraction of sp³-hybridized carbons (Fsp3) is 0.571. The second kappa shape index (κ2) is 4.91. The largest absolute Gasteiger partial charge is 0.271 e. The van der Waals surface area contributed by atoms with E-state index in [1.807, 2.05) is 6.07 Å². The van der Waals surface area contributed by atoms with E-state index < -0.39 is 0 Å². The molecule has 2 aliphatic carbocycles. The average Bonchev–Trinajstić information content (AvgIpc) is 2.98. The van der Waals surface area contributed by atoms with Crippen molar-refractivity contribution in [2.75, 3.05) is 0 Å². The molecular formula is C14H18BrFN2. The van der Waals surface area contributed by atoms with Gasteiger partial charge in [0, 0.05) is 6.04 Å². The van der Waals surface area contributed by atoms with Crippen LogP contribution in [-0.4, -0.2) is 6.04 Å². The highest BCUT2D eigenvalue weighted by Gasteiger charge is 2.47. The fourth-order valence-electron chi connectivity index (χ4n) is 3.39. The van der Waals surface area contributed by atoms with Crippen LogP contribution >= 0.6 is 15.9 Å². The summed E-state index contributed by atoms with van der Waals surface area (Å²) in [5.41, 5.74) is 3.94. The van der Waals surface area contributed by atoms with Gasteiger partial charge in [-0.25, -0.2) is 4.39 Å². The van der Waals surface area contributed by atoms with E-state index in [2.05, 4.69) is 21.4 Å². The van der Waals surface area contributed by atoms with Gasteiger partial charge in [-0.15, -0.1) is 0 Å². The molecule has 2 saturated carbocycles. The molecule has 0 amide bonds. The minimum Gasteiger partial charge on any atom is -0.271 e. The van der Waals surface area contributed by atoms with Crippen LogP contribution in [0.25, 0.3) is 0 Å². The second-order valence-corrected chi connectivity index (χ2v) is 6.47. The second-order valence-electron chi connectivity index (χ2n) is 5.68. The van der Waals surface area contributed by atoms with Gasteiger partial charge in [-0.2, -0.15) is 0 Å². The molecule has 18 heavy (non-hydrogen) atoms. The van der Waals surface area contributed by atoms with E-state index in [9.17, 15) is 4.39 Å². The molecule has 3 N–H and O–H groups in total. The lowest BCUT2D eigenvalue weighted by Gasteiger charge is -2.24. The number of fused-ring (bicyclic) bond motifs is 1. The number of benzene rings is 1. The lowest BCUT2D eigenvalue weighted by atomic mass is 9.90. The van der Waals surface area contributed by atoms with Crippen LogP contribution in [0.3, 0.4) is 0 Å². The quantitative estimate of drug-likeness (QED) is 0.662. The van der Waals surface area contributed by atoms with E-state index in [1.54, 1.807) is 6.07 Å². The van der Waals surface area contributed by atoms with Crippen LogP contribution in [-0.2, 0) is 6.42 Å². The predicted molar refractivity (Wildman–Crippen MR) is 73.2 cm³/mol. The Morgan fingerprint density at radius 2 is 2.06 bits per heavy atom. The van der Waals surface area contributed by atoms with Gasteiger partial charge < -0.3 is 0 Å². The molecular weight excluding hydrogens is 295 g/mol. The van der Waals surface area contributed by atoms with Crippen molar-refractivity contribution in [3.63, 3.8) is 0 Å². The third-order valence-electron chi connectivity index (χ3n) is 4.53. The summed E-state index contributed by atoms with van der Waals surface area (Å²) >= 11 is 3.32. The van der Waals surface area contributed by atoms with Gasteiger partial charge in [0.25, 0.3) is 0 Å². The molecule has 0 radical (unpaired) electrons. The van der Waals surface area contributed by atoms with Gasteiger partial charge in [-0.05, 0) is 71.0 Å². The molecule has 3 rings (SSSR count). The zero-order chi connectivity index (χ0) is 12.7. The van der Waals surface area contributed by atoms with E-state index in [4.69, 9.17) is 5.84 Å². The first-order valence-electron chi connectivity index (χ1n) is 6.58. The minimum atomic E-state index is -0.197. The summed E-state index contributed by atoms with van der Waals surface area (Å²) in [5.74, 6) is 8.03. The van der Waals surface area contributed by atoms with Crippen molar-refractivity contribution in [3.05, 3.63) is 34.1 Å². The highest BCUT2D eigenvalue weighted by Crippen LogP contribution is 2.55. The predicted octanol–water partition coefficient (Wildman–Crippen LogP) is 3.01. The van der Waals surface area contributed by atoms with Gasteiger partial charge in [0.15, 0.2) is 0 Å². The number of nitrogens with one attached hydrogen (secondary N) is 1. The maximum atomic E-state index is 13.5. The Morgan fingerprint density at radius 1 is 1.33 bits per heavy atom. The van der Waals surface area contributed by atoms with Gasteiger partial charge >= 0.3 is 0 Å². The molecule has 0 bridgehead atoms. The van der Waals surface area contributed by atoms with E-state index in [0.717, 1.165) is 23.8 Å². The molecule has 4 heteroatoms. The van der Waals surface area contributed by atoms with Gasteiger partial charge in [0.05, 0.1) is 4.47 Å². The van der Waals surface area contributed by atoms with Crippen LogP contribution in [0.1, 0.15) is 24.8 Å². The molecule has 0 aromatic heterocycles. The van der Waals surface area contributed by atoms with Gasteiger partial charge in [0.1, 0.15) is 5.82 Å². The van der Waals surface area contributed by atoms with Crippen LogP contribution in [0.15, 0.2) is 22.7 Å². The van der Waals surface area contributed by atoms with Crippen LogP contribution in [0.5, 0.6) is 0 Å². The summed E-state index contributed by atoms with van der Waals surface area (Å²) < 4.78 is 14.1. The average molecular weight is 313 g/mol. The van der Waals surface area contributed by atoms with Crippen molar-refractivity contribution < 1.29 is 4.39 Å². The number of hydrazine groups is 1. The van der Waals surface area contributed by atoms with Crippen LogP contribution in [0, 0.1) is 23.6 Å². The summed E-state index contributed by atoms with van der Waals surface area (Å²) in [6, 6.07) is 5.46. The van der Waals surface area contributed by atoms with Crippen molar-refractivity contribution in [1.29, 1.82) is 0 Å². The SMILES string of the molecule is NNC(Cc1cccc(F)c1Br)C1CC2CC2C1. The highest BCUT2D eigenvalue weighted by atomic mass is 79.9. The first-order chi connectivity index (χ1) is 8.69. The number of nitrogens with two attached hydrogens (primary N) is 1. The third kappa shape index (κ3) is 2.33. The normalized spacial score (nSPS) is 31.2. The first kappa shape index (κ1) is 12.6. The Balaban J connectivity index is 1.71. The zero-order valence-electron chi connectivity index (χ0n) is 10.2. The standard InChI is InChI=1S/C14H18BrFN2/c15-14-8(2-1-3-12(14)16)7-13(18-17)11-5-9-4-10(9)6-11/h1-3,9-11,13,18H,4-7,17H2. The smallest absolute Gasteiger partial charge is 0.137 e. The van der Waals surface area contributed by atoms with E-state index in [1.165, 1.54) is 25.3 Å². The van der Waals surface area contributed by atoms with Crippen molar-refractivity contribution >= 4 is 15.9 Å². The monoisotopic (exact) mass is 312 g/mol. The molecule has 1 aromatic rings. The van der Waals surface area contributed by atoms with Crippen molar-refractivity contribution in [1.82, 2.24) is 5.43 Å². The number of halogens is 2. The van der Waals surface area contributed by atoms with Crippen LogP contribution in [0.2, 0.25) is 0 Å². The molecule has 2 aliphatic rings. The Labute approximate surface area is 115 Å². The van der Waals surface area contributed by atoms with Crippen molar-refractivity contribution in [3.8, 4) is 0 Å².